The van der Waals surface area contributed by atoms with Gasteiger partial charge in [0, 0.05) is 43.3 Å². The lowest BCUT2D eigenvalue weighted by atomic mass is 10.2. The fraction of sp³-hybridized carbons (Fsp3) is 0.407. The van der Waals surface area contributed by atoms with Crippen LogP contribution in [0.1, 0.15) is 34.6 Å². The first-order valence-electron chi connectivity index (χ1n) is 12.0. The Morgan fingerprint density at radius 1 is 1.24 bits per heavy atom. The van der Waals surface area contributed by atoms with Crippen molar-refractivity contribution in [3.63, 3.8) is 0 Å². The average molecular weight is 523 g/mol. The number of nitrogens with one attached hydrogen (secondary N) is 2. The third-order valence-electron chi connectivity index (χ3n) is 5.75. The van der Waals surface area contributed by atoms with Crippen molar-refractivity contribution < 1.29 is 9.59 Å². The summed E-state index contributed by atoms with van der Waals surface area (Å²) in [5.41, 5.74) is 0.894. The van der Waals surface area contributed by atoms with Gasteiger partial charge < -0.3 is 15.5 Å². The highest BCUT2D eigenvalue weighted by Gasteiger charge is 2.20. The highest BCUT2D eigenvalue weighted by Crippen LogP contribution is 2.19. The Kier molecular flexibility index (Phi) is 10.7. The molecule has 0 fully saturated rings. The van der Waals surface area contributed by atoms with Gasteiger partial charge in [0.05, 0.1) is 13.1 Å². The van der Waals surface area contributed by atoms with Crippen LogP contribution in [0.15, 0.2) is 29.1 Å². The van der Waals surface area contributed by atoms with E-state index in [2.05, 4.69) is 49.1 Å². The van der Waals surface area contributed by atoms with E-state index >= 15 is 0 Å². The molecule has 0 atom stereocenters. The van der Waals surface area contributed by atoms with Gasteiger partial charge in [-0.1, -0.05) is 12.0 Å². The standard InChI is InChI=1S/C27H34N6O3S/c1-8-13-29-25(35)22(15-28)27-32(9-2)26(36)23(37-27)16-30-20-11-10-12-21(14-20)31(7)24(34)17-33(18(3)4)19(5)6/h1,10-12,14,16,18-19,30H,9,13,17H2,2-7H3,(H,29,35). The molecule has 1 aromatic carbocycles. The minimum atomic E-state index is -0.627. The summed E-state index contributed by atoms with van der Waals surface area (Å²) in [6, 6.07) is 9.66. The van der Waals surface area contributed by atoms with E-state index in [1.165, 1.54) is 10.8 Å². The van der Waals surface area contributed by atoms with Gasteiger partial charge in [-0.2, -0.15) is 5.26 Å². The molecule has 9 nitrogen and oxygen atoms in total. The SMILES string of the molecule is C#CCNC(=O)C(C#N)=c1sc(=CNc2cccc(N(C)C(=O)CN(C(C)C)C(C)C)c2)c(=O)n1CC. The molecule has 2 aromatic rings. The zero-order valence-corrected chi connectivity index (χ0v) is 23.0. The molecular formula is C27H34N6O3S. The molecule has 2 rings (SSSR count). The molecule has 0 saturated carbocycles. The number of carbonyl (C=O) groups is 2. The monoisotopic (exact) mass is 522 g/mol. The number of anilines is 2. The summed E-state index contributed by atoms with van der Waals surface area (Å²) in [5.74, 6) is 1.63. The van der Waals surface area contributed by atoms with Gasteiger partial charge in [-0.15, -0.1) is 17.8 Å². The minimum Gasteiger partial charge on any atom is -0.360 e. The van der Waals surface area contributed by atoms with Crippen molar-refractivity contribution >= 4 is 46.3 Å². The quantitative estimate of drug-likeness (QED) is 0.455. The van der Waals surface area contributed by atoms with Gasteiger partial charge in [-0.3, -0.25) is 23.9 Å². The van der Waals surface area contributed by atoms with Crippen LogP contribution in [0.3, 0.4) is 0 Å². The lowest BCUT2D eigenvalue weighted by Gasteiger charge is -2.31. The third-order valence-corrected chi connectivity index (χ3v) is 6.88. The van der Waals surface area contributed by atoms with Crippen molar-refractivity contribution in [2.45, 2.75) is 53.2 Å². The van der Waals surface area contributed by atoms with E-state index in [1.54, 1.807) is 18.9 Å². The van der Waals surface area contributed by atoms with Gasteiger partial charge in [-0.05, 0) is 52.8 Å². The van der Waals surface area contributed by atoms with Crippen molar-refractivity contribution in [1.82, 2.24) is 14.8 Å². The second-order valence-electron chi connectivity index (χ2n) is 8.85. The zero-order valence-electron chi connectivity index (χ0n) is 22.2. The molecule has 0 aliphatic carbocycles. The molecule has 0 aliphatic rings. The Hall–Kier alpha value is -3.86. The van der Waals surface area contributed by atoms with Crippen molar-refractivity contribution in [3.05, 3.63) is 43.8 Å². The van der Waals surface area contributed by atoms with Gasteiger partial charge in [0.25, 0.3) is 11.5 Å². The summed E-state index contributed by atoms with van der Waals surface area (Å²) in [6.07, 6.45) is 6.72. The van der Waals surface area contributed by atoms with Crippen LogP contribution >= 0.6 is 11.3 Å². The van der Waals surface area contributed by atoms with Crippen molar-refractivity contribution in [1.29, 1.82) is 5.26 Å². The summed E-state index contributed by atoms with van der Waals surface area (Å²) in [7, 11) is 1.74. The second kappa shape index (κ2) is 13.4. The summed E-state index contributed by atoms with van der Waals surface area (Å²) in [4.78, 5) is 42.0. The molecule has 2 amide bonds. The van der Waals surface area contributed by atoms with E-state index in [0.717, 1.165) is 11.3 Å². The van der Waals surface area contributed by atoms with E-state index in [0.29, 0.717) is 22.5 Å². The number of carbonyl (C=O) groups excluding carboxylic acids is 2. The van der Waals surface area contributed by atoms with Crippen molar-refractivity contribution in [3.8, 4) is 18.4 Å². The molecule has 0 bridgehead atoms. The van der Waals surface area contributed by atoms with Gasteiger partial charge in [-0.25, -0.2) is 0 Å². The number of likely N-dealkylation sites (N-methyl/N-ethyl adjacent to an activating group) is 1. The number of amides is 2. The fourth-order valence-electron chi connectivity index (χ4n) is 3.73. The third kappa shape index (κ3) is 7.32. The molecule has 0 saturated heterocycles. The van der Waals surface area contributed by atoms with Gasteiger partial charge >= 0.3 is 0 Å². The topological polar surface area (TPSA) is 110 Å². The van der Waals surface area contributed by atoms with Gasteiger partial charge in [0.1, 0.15) is 15.3 Å². The summed E-state index contributed by atoms with van der Waals surface area (Å²) in [5, 5.41) is 15.1. The number of aromatic nitrogens is 1. The highest BCUT2D eigenvalue weighted by atomic mass is 32.1. The van der Waals surface area contributed by atoms with Crippen molar-refractivity contribution in [2.24, 2.45) is 0 Å². The summed E-state index contributed by atoms with van der Waals surface area (Å²) < 4.78 is 1.97. The first-order chi connectivity index (χ1) is 17.5. The Morgan fingerprint density at radius 3 is 2.49 bits per heavy atom. The second-order valence-corrected chi connectivity index (χ2v) is 9.88. The minimum absolute atomic E-state index is 0.0213. The molecule has 0 spiro atoms. The van der Waals surface area contributed by atoms with E-state index in [4.69, 9.17) is 6.42 Å². The van der Waals surface area contributed by atoms with Crippen LogP contribution in [0.5, 0.6) is 0 Å². The lowest BCUT2D eigenvalue weighted by molar-refractivity contribution is -0.120. The number of hydrogen-bond donors (Lipinski definition) is 2. The molecule has 1 aromatic heterocycles. The number of terminal acetylenes is 1. The molecule has 196 valence electrons. The van der Waals surface area contributed by atoms with Crippen LogP contribution in [-0.2, 0) is 16.1 Å². The number of rotatable bonds is 10. The Balaban J connectivity index is 2.37. The Morgan fingerprint density at radius 2 is 1.92 bits per heavy atom. The maximum Gasteiger partial charge on any atom is 0.270 e. The zero-order chi connectivity index (χ0) is 27.7. The van der Waals surface area contributed by atoms with E-state index < -0.39 is 5.91 Å². The van der Waals surface area contributed by atoms with Crippen LogP contribution in [0.4, 0.5) is 11.4 Å². The first-order valence-corrected chi connectivity index (χ1v) is 12.8. The Labute approximate surface area is 221 Å². The van der Waals surface area contributed by atoms with Crippen LogP contribution in [0, 0.1) is 23.7 Å². The highest BCUT2D eigenvalue weighted by molar-refractivity contribution is 7.07. The summed E-state index contributed by atoms with van der Waals surface area (Å²) in [6.45, 7) is 10.6. The number of nitrogens with zero attached hydrogens (tertiary/aromatic N) is 4. The lowest BCUT2D eigenvalue weighted by Crippen LogP contribution is -2.45. The van der Waals surface area contributed by atoms with Crippen LogP contribution in [0.2, 0.25) is 0 Å². The normalized spacial score (nSPS) is 12.4. The molecule has 37 heavy (non-hydrogen) atoms. The maximum atomic E-state index is 12.9. The van der Waals surface area contributed by atoms with E-state index in [-0.39, 0.29) is 46.9 Å². The molecule has 10 heteroatoms. The van der Waals surface area contributed by atoms with Gasteiger partial charge in [0.15, 0.2) is 5.57 Å². The molecule has 1 heterocycles. The number of thiazole rings is 1. The van der Waals surface area contributed by atoms with Crippen LogP contribution in [0.25, 0.3) is 11.8 Å². The van der Waals surface area contributed by atoms with Crippen LogP contribution < -0.4 is 30.3 Å². The predicted octanol–water partition coefficient (Wildman–Crippen LogP) is 1.29. The maximum absolute atomic E-state index is 12.9. The molecule has 2 N–H and O–H groups in total. The number of hydrogen-bond acceptors (Lipinski definition) is 7. The smallest absolute Gasteiger partial charge is 0.270 e. The summed E-state index contributed by atoms with van der Waals surface area (Å²) >= 11 is 1.04. The van der Waals surface area contributed by atoms with Crippen molar-refractivity contribution in [2.75, 3.05) is 30.4 Å². The Bertz CT molecular complexity index is 1380. The molecule has 0 aliphatic heterocycles. The fourth-order valence-corrected chi connectivity index (χ4v) is 4.82. The first kappa shape index (κ1) is 29.4. The molecular weight excluding hydrogens is 488 g/mol. The van der Waals surface area contributed by atoms with Crippen LogP contribution in [-0.4, -0.2) is 53.5 Å². The van der Waals surface area contributed by atoms with E-state index in [1.807, 2.05) is 30.3 Å². The molecule has 0 unspecified atom stereocenters. The molecule has 0 radical (unpaired) electrons. The van der Waals surface area contributed by atoms with E-state index in [9.17, 15) is 19.6 Å². The predicted molar refractivity (Wildman–Crippen MR) is 149 cm³/mol. The average Bonchev–Trinajstić information content (AvgIpc) is 3.18. The number of benzene rings is 1. The number of nitriles is 1. The van der Waals surface area contributed by atoms with Gasteiger partial charge in [0.2, 0.25) is 5.91 Å². The largest absolute Gasteiger partial charge is 0.360 e.